The molecular weight excluding hydrogens is 422 g/mol. The number of aryl methyl sites for hydroxylation is 1. The van der Waals surface area contributed by atoms with Crippen LogP contribution in [0.2, 0.25) is 0 Å². The fourth-order valence-corrected chi connectivity index (χ4v) is 5.01. The zero-order valence-corrected chi connectivity index (χ0v) is 17.6. The fourth-order valence-electron chi connectivity index (χ4n) is 2.49. The highest BCUT2D eigenvalue weighted by molar-refractivity contribution is 7.89. The molecule has 0 unspecified atom stereocenters. The number of anilines is 1. The number of hydrogen-bond acceptors (Lipinski definition) is 8. The van der Waals surface area contributed by atoms with Gasteiger partial charge in [0.25, 0.3) is 15.7 Å². The lowest BCUT2D eigenvalue weighted by molar-refractivity contribution is -0.385. The Morgan fingerprint density at radius 2 is 1.76 bits per heavy atom. The molecule has 0 bridgehead atoms. The zero-order chi connectivity index (χ0) is 21.8. The molecule has 2 rings (SSSR count). The fraction of sp³-hybridized carbons (Fsp3) is 0.312. The van der Waals surface area contributed by atoms with Crippen LogP contribution in [-0.2, 0) is 20.0 Å². The van der Waals surface area contributed by atoms with E-state index in [0.29, 0.717) is 18.7 Å². The maximum absolute atomic E-state index is 12.5. The Kier molecular flexibility index (Phi) is 6.89. The molecule has 0 fully saturated rings. The first-order valence-electron chi connectivity index (χ1n) is 8.52. The SMILES string of the molecule is CCN(CC)S(=O)(=O)c1ccc(NNS(=O)(=O)c2cc([N+](=O)[O-])ccc2C)nc1. The van der Waals surface area contributed by atoms with Crippen LogP contribution in [0.4, 0.5) is 11.5 Å². The lowest BCUT2D eigenvalue weighted by Gasteiger charge is -2.18. The first-order valence-corrected chi connectivity index (χ1v) is 11.4. The highest BCUT2D eigenvalue weighted by Gasteiger charge is 2.23. The summed E-state index contributed by atoms with van der Waals surface area (Å²) in [6, 6.07) is 6.10. The molecule has 0 atom stereocenters. The molecule has 1 aromatic heterocycles. The lowest BCUT2D eigenvalue weighted by Crippen LogP contribution is -2.31. The molecule has 0 radical (unpaired) electrons. The van der Waals surface area contributed by atoms with E-state index in [1.54, 1.807) is 13.8 Å². The van der Waals surface area contributed by atoms with Crippen molar-refractivity contribution in [2.24, 2.45) is 0 Å². The molecule has 1 heterocycles. The maximum Gasteiger partial charge on any atom is 0.270 e. The van der Waals surface area contributed by atoms with Crippen LogP contribution < -0.4 is 10.3 Å². The number of benzene rings is 1. The molecule has 2 aromatic rings. The summed E-state index contributed by atoms with van der Waals surface area (Å²) in [6.07, 6.45) is 1.11. The molecule has 0 amide bonds. The second kappa shape index (κ2) is 8.82. The molecule has 0 aliphatic rings. The van der Waals surface area contributed by atoms with E-state index in [9.17, 15) is 26.9 Å². The largest absolute Gasteiger partial charge is 0.292 e. The van der Waals surface area contributed by atoms with Crippen molar-refractivity contribution < 1.29 is 21.8 Å². The molecule has 0 saturated heterocycles. The van der Waals surface area contributed by atoms with Crippen LogP contribution >= 0.6 is 0 Å². The maximum atomic E-state index is 12.5. The van der Waals surface area contributed by atoms with E-state index in [0.717, 1.165) is 12.3 Å². The third kappa shape index (κ3) is 5.06. The summed E-state index contributed by atoms with van der Waals surface area (Å²) in [5.41, 5.74) is 2.32. The van der Waals surface area contributed by atoms with Crippen molar-refractivity contribution in [2.75, 3.05) is 18.5 Å². The number of nitro benzene ring substituents is 1. The van der Waals surface area contributed by atoms with E-state index in [4.69, 9.17) is 0 Å². The van der Waals surface area contributed by atoms with Crippen LogP contribution in [0, 0.1) is 17.0 Å². The Bertz CT molecular complexity index is 1100. The van der Waals surface area contributed by atoms with Gasteiger partial charge in [0.05, 0.1) is 9.82 Å². The van der Waals surface area contributed by atoms with Crippen molar-refractivity contribution in [1.29, 1.82) is 0 Å². The number of aromatic nitrogens is 1. The molecule has 1 aromatic carbocycles. The standard InChI is InChI=1S/C16H21N5O6S2/c1-4-20(5-2)29(26,27)14-8-9-16(17-11-14)18-19-28(24,25)15-10-13(21(22)23)7-6-12(15)3/h6-11,19H,4-5H2,1-3H3,(H,17,18). The Hall–Kier alpha value is -2.61. The lowest BCUT2D eigenvalue weighted by atomic mass is 10.2. The van der Waals surface area contributed by atoms with Crippen LogP contribution in [0.15, 0.2) is 46.3 Å². The molecule has 0 spiro atoms. The quantitative estimate of drug-likeness (QED) is 0.438. The van der Waals surface area contributed by atoms with E-state index in [-0.39, 0.29) is 21.3 Å². The third-order valence-electron chi connectivity index (χ3n) is 4.07. The first-order chi connectivity index (χ1) is 13.5. The normalized spacial score (nSPS) is 12.1. The Balaban J connectivity index is 2.20. The van der Waals surface area contributed by atoms with Crippen molar-refractivity contribution >= 4 is 31.6 Å². The molecule has 29 heavy (non-hydrogen) atoms. The summed E-state index contributed by atoms with van der Waals surface area (Å²) in [6.45, 7) is 5.55. The molecule has 0 aliphatic heterocycles. The first kappa shape index (κ1) is 22.7. The minimum absolute atomic E-state index is 0.0239. The molecule has 158 valence electrons. The predicted molar refractivity (Wildman–Crippen MR) is 106 cm³/mol. The van der Waals surface area contributed by atoms with Crippen molar-refractivity contribution in [3.05, 3.63) is 52.2 Å². The second-order valence-electron chi connectivity index (χ2n) is 5.91. The molecule has 0 aliphatic carbocycles. The summed E-state index contributed by atoms with van der Waals surface area (Å²) in [5, 5.41) is 10.9. The topological polar surface area (TPSA) is 152 Å². The smallest absolute Gasteiger partial charge is 0.270 e. The Labute approximate surface area is 169 Å². The van der Waals surface area contributed by atoms with Gasteiger partial charge >= 0.3 is 0 Å². The van der Waals surface area contributed by atoms with Gasteiger partial charge in [-0.25, -0.2) is 21.8 Å². The van der Waals surface area contributed by atoms with E-state index in [2.05, 4.69) is 15.2 Å². The van der Waals surface area contributed by atoms with Gasteiger partial charge in [-0.3, -0.25) is 15.5 Å². The van der Waals surface area contributed by atoms with Crippen molar-refractivity contribution in [3.8, 4) is 0 Å². The number of rotatable bonds is 9. The summed E-state index contributed by atoms with van der Waals surface area (Å²) in [7, 11) is -7.82. The summed E-state index contributed by atoms with van der Waals surface area (Å²) in [5.74, 6) is 0.0511. The average molecular weight is 444 g/mol. The highest BCUT2D eigenvalue weighted by atomic mass is 32.2. The van der Waals surface area contributed by atoms with Gasteiger partial charge in [-0.15, -0.1) is 4.83 Å². The predicted octanol–water partition coefficient (Wildman–Crippen LogP) is 1.63. The van der Waals surface area contributed by atoms with Crippen LogP contribution in [0.25, 0.3) is 0 Å². The van der Waals surface area contributed by atoms with Crippen molar-refractivity contribution in [2.45, 2.75) is 30.6 Å². The van der Waals surface area contributed by atoms with Crippen LogP contribution in [0.3, 0.4) is 0 Å². The van der Waals surface area contributed by atoms with Crippen molar-refractivity contribution in [1.82, 2.24) is 14.1 Å². The Morgan fingerprint density at radius 1 is 1.10 bits per heavy atom. The minimum Gasteiger partial charge on any atom is -0.292 e. The van der Waals surface area contributed by atoms with E-state index in [1.165, 1.54) is 35.5 Å². The summed E-state index contributed by atoms with van der Waals surface area (Å²) in [4.78, 5) is 15.9. The third-order valence-corrected chi connectivity index (χ3v) is 7.49. The van der Waals surface area contributed by atoms with Gasteiger partial charge in [-0.1, -0.05) is 19.9 Å². The molecular formula is C16H21N5O6S2. The number of non-ortho nitro benzene ring substituents is 1. The van der Waals surface area contributed by atoms with Gasteiger partial charge in [-0.2, -0.15) is 4.31 Å². The van der Waals surface area contributed by atoms with Gasteiger partial charge in [0.2, 0.25) is 10.0 Å². The van der Waals surface area contributed by atoms with Gasteiger partial charge in [-0.05, 0) is 24.6 Å². The second-order valence-corrected chi connectivity index (χ2v) is 9.49. The number of hydrazine groups is 1. The zero-order valence-electron chi connectivity index (χ0n) is 16.0. The Morgan fingerprint density at radius 3 is 2.28 bits per heavy atom. The molecule has 11 nitrogen and oxygen atoms in total. The van der Waals surface area contributed by atoms with Gasteiger partial charge < -0.3 is 0 Å². The number of nitrogens with one attached hydrogen (secondary N) is 2. The van der Waals surface area contributed by atoms with E-state index >= 15 is 0 Å². The molecule has 0 saturated carbocycles. The molecule has 13 heteroatoms. The van der Waals surface area contributed by atoms with Crippen molar-refractivity contribution in [3.63, 3.8) is 0 Å². The van der Waals surface area contributed by atoms with E-state index in [1.807, 2.05) is 0 Å². The number of pyridine rings is 1. The monoisotopic (exact) mass is 443 g/mol. The number of hydrogen-bond donors (Lipinski definition) is 2. The van der Waals surface area contributed by atoms with Crippen LogP contribution in [-0.4, -0.2) is 44.1 Å². The highest BCUT2D eigenvalue weighted by Crippen LogP contribution is 2.22. The summed E-state index contributed by atoms with van der Waals surface area (Å²) >= 11 is 0. The van der Waals surface area contributed by atoms with Crippen LogP contribution in [0.5, 0.6) is 0 Å². The van der Waals surface area contributed by atoms with E-state index < -0.39 is 25.0 Å². The average Bonchev–Trinajstić information content (AvgIpc) is 2.67. The minimum atomic E-state index is -4.14. The molecule has 2 N–H and O–H groups in total. The number of nitrogens with zero attached hydrogens (tertiary/aromatic N) is 3. The van der Waals surface area contributed by atoms with Gasteiger partial charge in [0, 0.05) is 31.4 Å². The number of sulfonamides is 2. The van der Waals surface area contributed by atoms with Gasteiger partial charge in [0.1, 0.15) is 10.7 Å². The number of nitro groups is 1. The van der Waals surface area contributed by atoms with Crippen LogP contribution in [0.1, 0.15) is 19.4 Å². The summed E-state index contributed by atoms with van der Waals surface area (Å²) < 4.78 is 51.1. The van der Waals surface area contributed by atoms with Gasteiger partial charge in [0.15, 0.2) is 0 Å².